The summed E-state index contributed by atoms with van der Waals surface area (Å²) >= 11 is 12.1. The van der Waals surface area contributed by atoms with Gasteiger partial charge in [-0.1, -0.05) is 65.7 Å². The van der Waals surface area contributed by atoms with Crippen LogP contribution in [0.15, 0.2) is 72.9 Å². The van der Waals surface area contributed by atoms with Crippen molar-refractivity contribution in [1.82, 2.24) is 9.88 Å². The summed E-state index contributed by atoms with van der Waals surface area (Å²) in [6.45, 7) is 5.15. The molecule has 1 saturated heterocycles. The van der Waals surface area contributed by atoms with Gasteiger partial charge in [0.2, 0.25) is 5.88 Å². The lowest BCUT2D eigenvalue weighted by atomic mass is 9.77. The summed E-state index contributed by atoms with van der Waals surface area (Å²) in [5.41, 5.74) is 2.65. The molecule has 3 atom stereocenters. The highest BCUT2D eigenvalue weighted by atomic mass is 35.5. The molecule has 3 aromatic rings. The molecule has 0 spiro atoms. The number of pyridine rings is 1. The minimum Gasteiger partial charge on any atom is -0.474 e. The molecule has 156 valence electrons. The van der Waals surface area contributed by atoms with Crippen LogP contribution in [0.2, 0.25) is 10.0 Å². The first-order chi connectivity index (χ1) is 14.6. The third kappa shape index (κ3) is 5.34. The maximum absolute atomic E-state index is 6.22. The average molecular weight is 441 g/mol. The zero-order valence-electron chi connectivity index (χ0n) is 17.0. The number of likely N-dealkylation sites (tertiary alicyclic amines) is 1. The van der Waals surface area contributed by atoms with Gasteiger partial charge in [-0.2, -0.15) is 0 Å². The molecule has 2 aromatic carbocycles. The molecular weight excluding hydrogens is 415 g/mol. The molecule has 4 rings (SSSR count). The average Bonchev–Trinajstić information content (AvgIpc) is 2.76. The minimum atomic E-state index is 0.0400. The number of rotatable bonds is 6. The van der Waals surface area contributed by atoms with Crippen LogP contribution in [0.4, 0.5) is 0 Å². The van der Waals surface area contributed by atoms with Crippen LogP contribution in [0.25, 0.3) is 0 Å². The Balaban J connectivity index is 1.52. The van der Waals surface area contributed by atoms with Crippen molar-refractivity contribution in [3.8, 4) is 5.88 Å². The predicted molar refractivity (Wildman–Crippen MR) is 123 cm³/mol. The summed E-state index contributed by atoms with van der Waals surface area (Å²) in [7, 11) is 0. The van der Waals surface area contributed by atoms with Crippen molar-refractivity contribution in [2.45, 2.75) is 31.9 Å². The number of hydrogen-bond acceptors (Lipinski definition) is 3. The Bertz CT molecular complexity index is 932. The second kappa shape index (κ2) is 9.82. The fourth-order valence-electron chi connectivity index (χ4n) is 4.36. The second-order valence-electron chi connectivity index (χ2n) is 7.97. The molecule has 2 heterocycles. The molecule has 0 unspecified atom stereocenters. The maximum Gasteiger partial charge on any atom is 0.213 e. The van der Waals surface area contributed by atoms with Crippen molar-refractivity contribution in [3.63, 3.8) is 0 Å². The molecule has 0 bridgehead atoms. The van der Waals surface area contributed by atoms with E-state index >= 15 is 0 Å². The Morgan fingerprint density at radius 1 is 1.00 bits per heavy atom. The van der Waals surface area contributed by atoms with Crippen LogP contribution >= 0.6 is 23.2 Å². The lowest BCUT2D eigenvalue weighted by molar-refractivity contribution is 0.0639. The van der Waals surface area contributed by atoms with Crippen molar-refractivity contribution in [3.05, 3.63) is 94.1 Å². The standard InChI is InChI=1S/C25H26Cl2N2O/c1-18(30-25-12-11-22(27)15-28-25)23-13-14-29(16-19-5-3-2-4-6-19)17-24(23)20-7-9-21(26)10-8-20/h2-12,15,18,23-24H,13-14,16-17H2,1H3/t18-,23-,24-/m0/s1. The smallest absolute Gasteiger partial charge is 0.213 e. The van der Waals surface area contributed by atoms with E-state index in [1.807, 2.05) is 24.3 Å². The quantitative estimate of drug-likeness (QED) is 0.439. The van der Waals surface area contributed by atoms with Gasteiger partial charge < -0.3 is 4.74 Å². The van der Waals surface area contributed by atoms with Crippen molar-refractivity contribution >= 4 is 23.2 Å². The third-order valence-corrected chi connectivity index (χ3v) is 6.38. The Morgan fingerprint density at radius 2 is 1.73 bits per heavy atom. The first kappa shape index (κ1) is 21.2. The Hall–Kier alpha value is -2.07. The van der Waals surface area contributed by atoms with E-state index in [1.54, 1.807) is 6.20 Å². The molecule has 30 heavy (non-hydrogen) atoms. The minimum absolute atomic E-state index is 0.0400. The number of halogens is 2. The molecule has 1 aliphatic heterocycles. The Kier molecular flexibility index (Phi) is 6.93. The Morgan fingerprint density at radius 3 is 2.43 bits per heavy atom. The molecular formula is C25H26Cl2N2O. The maximum atomic E-state index is 6.22. The van der Waals surface area contributed by atoms with E-state index in [4.69, 9.17) is 27.9 Å². The van der Waals surface area contributed by atoms with Crippen LogP contribution in [-0.2, 0) is 6.54 Å². The molecule has 1 aromatic heterocycles. The normalized spacial score (nSPS) is 20.6. The van der Waals surface area contributed by atoms with Crippen LogP contribution in [-0.4, -0.2) is 29.1 Å². The largest absolute Gasteiger partial charge is 0.474 e. The molecule has 0 radical (unpaired) electrons. The van der Waals surface area contributed by atoms with Gasteiger partial charge in [0.05, 0.1) is 5.02 Å². The number of hydrogen-bond donors (Lipinski definition) is 0. The lowest BCUT2D eigenvalue weighted by Gasteiger charge is -2.41. The molecule has 3 nitrogen and oxygen atoms in total. The van der Waals surface area contributed by atoms with Gasteiger partial charge in [0.15, 0.2) is 0 Å². The number of piperidine rings is 1. The van der Waals surface area contributed by atoms with Crippen molar-refractivity contribution < 1.29 is 4.74 Å². The third-order valence-electron chi connectivity index (χ3n) is 5.91. The zero-order valence-corrected chi connectivity index (χ0v) is 18.6. The van der Waals surface area contributed by atoms with E-state index in [0.717, 1.165) is 31.1 Å². The van der Waals surface area contributed by atoms with Crippen molar-refractivity contribution in [2.75, 3.05) is 13.1 Å². The van der Waals surface area contributed by atoms with Crippen LogP contribution in [0.5, 0.6) is 5.88 Å². The molecule has 5 heteroatoms. The van der Waals surface area contributed by atoms with Gasteiger partial charge in [0.25, 0.3) is 0 Å². The van der Waals surface area contributed by atoms with Crippen LogP contribution in [0, 0.1) is 5.92 Å². The fourth-order valence-corrected chi connectivity index (χ4v) is 4.59. The van der Waals surface area contributed by atoms with Crippen LogP contribution in [0.1, 0.15) is 30.4 Å². The van der Waals surface area contributed by atoms with E-state index in [-0.39, 0.29) is 6.10 Å². The van der Waals surface area contributed by atoms with E-state index in [9.17, 15) is 0 Å². The lowest BCUT2D eigenvalue weighted by Crippen LogP contribution is -2.43. The van der Waals surface area contributed by atoms with Crippen molar-refractivity contribution in [1.29, 1.82) is 0 Å². The highest BCUT2D eigenvalue weighted by Gasteiger charge is 2.35. The summed E-state index contributed by atoms with van der Waals surface area (Å²) in [5.74, 6) is 1.37. The van der Waals surface area contributed by atoms with E-state index in [2.05, 4.69) is 59.3 Å². The van der Waals surface area contributed by atoms with Gasteiger partial charge in [0, 0.05) is 42.2 Å². The molecule has 0 N–H and O–H groups in total. The van der Waals surface area contributed by atoms with Gasteiger partial charge in [-0.3, -0.25) is 4.90 Å². The topological polar surface area (TPSA) is 25.4 Å². The summed E-state index contributed by atoms with van der Waals surface area (Å²) in [6, 6.07) is 22.6. The number of aromatic nitrogens is 1. The van der Waals surface area contributed by atoms with Crippen molar-refractivity contribution in [2.24, 2.45) is 5.92 Å². The summed E-state index contributed by atoms with van der Waals surface area (Å²) in [6.07, 6.45) is 2.73. The highest BCUT2D eigenvalue weighted by Crippen LogP contribution is 2.37. The molecule has 0 aliphatic carbocycles. The zero-order chi connectivity index (χ0) is 20.9. The van der Waals surface area contributed by atoms with Gasteiger partial charge in [-0.15, -0.1) is 0 Å². The Labute approximate surface area is 188 Å². The number of benzene rings is 2. The van der Waals surface area contributed by atoms with Crippen LogP contribution < -0.4 is 4.74 Å². The second-order valence-corrected chi connectivity index (χ2v) is 8.84. The van der Waals surface area contributed by atoms with E-state index in [0.29, 0.717) is 22.7 Å². The summed E-state index contributed by atoms with van der Waals surface area (Å²) in [4.78, 5) is 6.85. The predicted octanol–water partition coefficient (Wildman–Crippen LogP) is 6.46. The van der Waals surface area contributed by atoms with E-state index < -0.39 is 0 Å². The molecule has 1 fully saturated rings. The van der Waals surface area contributed by atoms with Gasteiger partial charge in [-0.05, 0) is 49.2 Å². The summed E-state index contributed by atoms with van der Waals surface area (Å²) < 4.78 is 6.22. The molecule has 1 aliphatic rings. The van der Waals surface area contributed by atoms with E-state index in [1.165, 1.54) is 11.1 Å². The number of ether oxygens (including phenoxy) is 1. The van der Waals surface area contributed by atoms with Gasteiger partial charge >= 0.3 is 0 Å². The SMILES string of the molecule is C[C@H](Oc1ccc(Cl)cn1)[C@@H]1CCN(Cc2ccccc2)C[C@H]1c1ccc(Cl)cc1. The summed E-state index contributed by atoms with van der Waals surface area (Å²) in [5, 5.41) is 1.38. The van der Waals surface area contributed by atoms with Gasteiger partial charge in [0.1, 0.15) is 6.10 Å². The van der Waals surface area contributed by atoms with Gasteiger partial charge in [-0.25, -0.2) is 4.98 Å². The number of nitrogens with zero attached hydrogens (tertiary/aromatic N) is 2. The first-order valence-electron chi connectivity index (χ1n) is 10.4. The molecule has 0 saturated carbocycles. The monoisotopic (exact) mass is 440 g/mol. The first-order valence-corrected chi connectivity index (χ1v) is 11.1. The fraction of sp³-hybridized carbons (Fsp3) is 0.320. The highest BCUT2D eigenvalue weighted by molar-refractivity contribution is 6.30. The molecule has 0 amide bonds. The van der Waals surface area contributed by atoms with Crippen LogP contribution in [0.3, 0.4) is 0 Å².